The van der Waals surface area contributed by atoms with Crippen molar-refractivity contribution in [1.82, 2.24) is 10.4 Å². The summed E-state index contributed by atoms with van der Waals surface area (Å²) in [7, 11) is 1.70. The molecule has 4 nitrogen and oxygen atoms in total. The van der Waals surface area contributed by atoms with Gasteiger partial charge < -0.3 is 5.11 Å². The molecule has 66 valence electrons. The molecule has 1 unspecified atom stereocenters. The Morgan fingerprint density at radius 2 is 2.36 bits per heavy atom. The number of hydrogen-bond acceptors (Lipinski definition) is 4. The van der Waals surface area contributed by atoms with Crippen molar-refractivity contribution < 1.29 is 9.90 Å². The maximum absolute atomic E-state index is 10.6. The van der Waals surface area contributed by atoms with E-state index in [0.29, 0.717) is 12.3 Å². The minimum absolute atomic E-state index is 0.310. The molecular formula is C6H14N2O2S. The van der Waals surface area contributed by atoms with E-state index in [1.165, 1.54) is 0 Å². The standard InChI is InChI=1S/C6H14N2O2S/c1-3-8(7-2)5(4-11)6(9)10/h5,7,11H,3-4H2,1-2H3,(H,9,10). The zero-order valence-corrected chi connectivity index (χ0v) is 7.64. The molecule has 0 amide bonds. The van der Waals surface area contributed by atoms with Crippen LogP contribution in [0.3, 0.4) is 0 Å². The molecule has 2 N–H and O–H groups in total. The molecule has 1 atom stereocenters. The molecule has 0 radical (unpaired) electrons. The molecule has 0 saturated heterocycles. The molecule has 0 saturated carbocycles. The highest BCUT2D eigenvalue weighted by molar-refractivity contribution is 7.80. The molecule has 0 aromatic carbocycles. The molecule has 0 aliphatic rings. The van der Waals surface area contributed by atoms with E-state index in [-0.39, 0.29) is 0 Å². The number of nitrogens with one attached hydrogen (secondary N) is 1. The zero-order chi connectivity index (χ0) is 8.85. The minimum atomic E-state index is -0.851. The van der Waals surface area contributed by atoms with Crippen LogP contribution in [0, 0.1) is 0 Å². The van der Waals surface area contributed by atoms with Gasteiger partial charge in [-0.2, -0.15) is 12.6 Å². The minimum Gasteiger partial charge on any atom is -0.480 e. The van der Waals surface area contributed by atoms with Crippen LogP contribution in [0.25, 0.3) is 0 Å². The molecule has 0 aromatic rings. The van der Waals surface area contributed by atoms with E-state index in [2.05, 4.69) is 18.1 Å². The summed E-state index contributed by atoms with van der Waals surface area (Å²) in [5.74, 6) is -0.541. The van der Waals surface area contributed by atoms with Gasteiger partial charge in [0.15, 0.2) is 0 Å². The second-order valence-electron chi connectivity index (χ2n) is 2.05. The van der Waals surface area contributed by atoms with Crippen molar-refractivity contribution >= 4 is 18.6 Å². The Kier molecular flexibility index (Phi) is 5.27. The molecule has 0 aliphatic carbocycles. The van der Waals surface area contributed by atoms with Crippen LogP contribution in [0.15, 0.2) is 0 Å². The Bertz CT molecular complexity index is 128. The second kappa shape index (κ2) is 5.40. The van der Waals surface area contributed by atoms with E-state index in [0.717, 1.165) is 0 Å². The maximum Gasteiger partial charge on any atom is 0.323 e. The Morgan fingerprint density at radius 3 is 2.45 bits per heavy atom. The van der Waals surface area contributed by atoms with Gasteiger partial charge in [-0.15, -0.1) is 0 Å². The second-order valence-corrected chi connectivity index (χ2v) is 2.41. The number of aliphatic carboxylic acids is 1. The average Bonchev–Trinajstić information content (AvgIpc) is 1.99. The lowest BCUT2D eigenvalue weighted by molar-refractivity contribution is -0.143. The summed E-state index contributed by atoms with van der Waals surface area (Å²) < 4.78 is 0. The van der Waals surface area contributed by atoms with Crippen LogP contribution in [-0.2, 0) is 4.79 Å². The first kappa shape index (κ1) is 10.7. The quantitative estimate of drug-likeness (QED) is 0.404. The van der Waals surface area contributed by atoms with E-state index in [9.17, 15) is 4.79 Å². The lowest BCUT2D eigenvalue weighted by Crippen LogP contribution is -2.48. The Balaban J connectivity index is 4.09. The summed E-state index contributed by atoms with van der Waals surface area (Å²) in [5, 5.41) is 10.3. The normalized spacial score (nSPS) is 13.5. The van der Waals surface area contributed by atoms with Crippen molar-refractivity contribution in [1.29, 1.82) is 0 Å². The molecule has 0 aromatic heterocycles. The van der Waals surface area contributed by atoms with E-state index in [1.807, 2.05) is 6.92 Å². The van der Waals surface area contributed by atoms with Gasteiger partial charge in [0.05, 0.1) is 0 Å². The summed E-state index contributed by atoms with van der Waals surface area (Å²) in [6.45, 7) is 2.53. The first-order valence-corrected chi connectivity index (χ1v) is 4.08. The smallest absolute Gasteiger partial charge is 0.323 e. The number of hydrazine groups is 1. The fourth-order valence-corrected chi connectivity index (χ4v) is 1.20. The summed E-state index contributed by atoms with van der Waals surface area (Å²) >= 11 is 3.94. The van der Waals surface area contributed by atoms with Crippen LogP contribution in [0.2, 0.25) is 0 Å². The van der Waals surface area contributed by atoms with Crippen LogP contribution >= 0.6 is 12.6 Å². The van der Waals surface area contributed by atoms with Crippen molar-refractivity contribution in [3.05, 3.63) is 0 Å². The highest BCUT2D eigenvalue weighted by atomic mass is 32.1. The van der Waals surface area contributed by atoms with Gasteiger partial charge in [-0.3, -0.25) is 10.2 Å². The van der Waals surface area contributed by atoms with Gasteiger partial charge in [-0.25, -0.2) is 5.01 Å². The van der Waals surface area contributed by atoms with Crippen LogP contribution in [-0.4, -0.2) is 41.5 Å². The number of thiol groups is 1. The van der Waals surface area contributed by atoms with E-state index < -0.39 is 12.0 Å². The maximum atomic E-state index is 10.6. The first-order chi connectivity index (χ1) is 5.17. The summed E-state index contributed by atoms with van der Waals surface area (Å²) in [6, 6.07) is -0.548. The molecule has 0 fully saturated rings. The van der Waals surface area contributed by atoms with Crippen molar-refractivity contribution in [3.8, 4) is 0 Å². The van der Waals surface area contributed by atoms with Crippen LogP contribution in [0.5, 0.6) is 0 Å². The predicted octanol–water partition coefficient (Wildman–Crippen LogP) is -0.174. The topological polar surface area (TPSA) is 52.6 Å². The van der Waals surface area contributed by atoms with E-state index in [4.69, 9.17) is 5.11 Å². The fraction of sp³-hybridized carbons (Fsp3) is 0.833. The third-order valence-corrected chi connectivity index (χ3v) is 1.81. The Labute approximate surface area is 72.0 Å². The lowest BCUT2D eigenvalue weighted by Gasteiger charge is -2.24. The number of likely N-dealkylation sites (N-methyl/N-ethyl adjacent to an activating group) is 1. The number of hydrogen-bond donors (Lipinski definition) is 3. The van der Waals surface area contributed by atoms with Crippen LogP contribution in [0.1, 0.15) is 6.92 Å². The fourth-order valence-electron chi connectivity index (χ4n) is 0.844. The average molecular weight is 178 g/mol. The molecule has 0 spiro atoms. The monoisotopic (exact) mass is 178 g/mol. The van der Waals surface area contributed by atoms with Gasteiger partial charge in [0.25, 0.3) is 0 Å². The van der Waals surface area contributed by atoms with Crippen molar-refractivity contribution in [3.63, 3.8) is 0 Å². The largest absolute Gasteiger partial charge is 0.480 e. The SMILES string of the molecule is CCN(NC)C(CS)C(=O)O. The Hall–Kier alpha value is -0.260. The number of rotatable bonds is 5. The third-order valence-electron chi connectivity index (χ3n) is 1.46. The zero-order valence-electron chi connectivity index (χ0n) is 6.74. The summed E-state index contributed by atoms with van der Waals surface area (Å²) in [5.41, 5.74) is 2.79. The molecule has 5 heteroatoms. The number of carbonyl (C=O) groups is 1. The van der Waals surface area contributed by atoms with Gasteiger partial charge in [0.1, 0.15) is 6.04 Å². The van der Waals surface area contributed by atoms with Crippen LogP contribution in [0.4, 0.5) is 0 Å². The molecule has 0 rings (SSSR count). The number of carboxylic acid groups (broad SMARTS) is 1. The molecule has 0 aliphatic heterocycles. The number of nitrogens with zero attached hydrogens (tertiary/aromatic N) is 1. The predicted molar refractivity (Wildman–Crippen MR) is 46.7 cm³/mol. The van der Waals surface area contributed by atoms with Gasteiger partial charge in [-0.1, -0.05) is 6.92 Å². The third kappa shape index (κ3) is 3.09. The number of carboxylic acids is 1. The van der Waals surface area contributed by atoms with E-state index in [1.54, 1.807) is 12.1 Å². The molecule has 0 bridgehead atoms. The van der Waals surface area contributed by atoms with Gasteiger partial charge in [-0.05, 0) is 7.05 Å². The first-order valence-electron chi connectivity index (χ1n) is 3.45. The Morgan fingerprint density at radius 1 is 1.82 bits per heavy atom. The van der Waals surface area contributed by atoms with Crippen molar-refractivity contribution in [2.45, 2.75) is 13.0 Å². The highest BCUT2D eigenvalue weighted by Gasteiger charge is 2.21. The van der Waals surface area contributed by atoms with Gasteiger partial charge in [0, 0.05) is 12.3 Å². The van der Waals surface area contributed by atoms with Gasteiger partial charge >= 0.3 is 5.97 Å². The van der Waals surface area contributed by atoms with Crippen LogP contribution < -0.4 is 5.43 Å². The lowest BCUT2D eigenvalue weighted by atomic mass is 10.3. The van der Waals surface area contributed by atoms with Gasteiger partial charge in [0.2, 0.25) is 0 Å². The van der Waals surface area contributed by atoms with E-state index >= 15 is 0 Å². The summed E-state index contributed by atoms with van der Waals surface area (Å²) in [4.78, 5) is 10.6. The van der Waals surface area contributed by atoms with Crippen molar-refractivity contribution in [2.24, 2.45) is 0 Å². The van der Waals surface area contributed by atoms with Crippen molar-refractivity contribution in [2.75, 3.05) is 19.3 Å². The summed E-state index contributed by atoms with van der Waals surface area (Å²) in [6.07, 6.45) is 0. The molecule has 0 heterocycles. The molecule has 11 heavy (non-hydrogen) atoms. The molecular weight excluding hydrogens is 164 g/mol. The highest BCUT2D eigenvalue weighted by Crippen LogP contribution is 1.97.